The van der Waals surface area contributed by atoms with Gasteiger partial charge in [-0.05, 0) is 36.4 Å². The SMILES string of the molecule is N#Cc1ccc(Nc2cccnc2N)cc1. The quantitative estimate of drug-likeness (QED) is 0.797. The van der Waals surface area contributed by atoms with E-state index in [-0.39, 0.29) is 0 Å². The number of nitrogens with two attached hydrogens (primary N) is 1. The highest BCUT2D eigenvalue weighted by molar-refractivity contribution is 5.69. The predicted molar refractivity (Wildman–Crippen MR) is 63.1 cm³/mol. The molecule has 0 aliphatic carbocycles. The Labute approximate surface area is 93.4 Å². The maximum absolute atomic E-state index is 8.66. The molecule has 0 saturated carbocycles. The number of rotatable bonds is 2. The van der Waals surface area contributed by atoms with Crippen LogP contribution >= 0.6 is 0 Å². The zero-order valence-electron chi connectivity index (χ0n) is 8.51. The first-order valence-electron chi connectivity index (χ1n) is 4.77. The first-order chi connectivity index (χ1) is 7.79. The van der Waals surface area contributed by atoms with Gasteiger partial charge in [0.15, 0.2) is 0 Å². The summed E-state index contributed by atoms with van der Waals surface area (Å²) in [7, 11) is 0. The van der Waals surface area contributed by atoms with Gasteiger partial charge < -0.3 is 11.1 Å². The van der Waals surface area contributed by atoms with E-state index in [0.29, 0.717) is 11.4 Å². The fourth-order valence-corrected chi connectivity index (χ4v) is 1.31. The van der Waals surface area contributed by atoms with Crippen molar-refractivity contribution in [3.8, 4) is 6.07 Å². The molecule has 4 heteroatoms. The monoisotopic (exact) mass is 210 g/mol. The molecule has 78 valence electrons. The van der Waals surface area contributed by atoms with E-state index >= 15 is 0 Å². The van der Waals surface area contributed by atoms with Gasteiger partial charge in [-0.15, -0.1) is 0 Å². The molecule has 0 aliphatic heterocycles. The fourth-order valence-electron chi connectivity index (χ4n) is 1.31. The number of nitrogens with one attached hydrogen (secondary N) is 1. The number of hydrogen-bond donors (Lipinski definition) is 2. The van der Waals surface area contributed by atoms with Crippen molar-refractivity contribution in [2.24, 2.45) is 0 Å². The summed E-state index contributed by atoms with van der Waals surface area (Å²) in [6, 6.07) is 12.9. The summed E-state index contributed by atoms with van der Waals surface area (Å²) in [5.74, 6) is 0.451. The topological polar surface area (TPSA) is 74.7 Å². The van der Waals surface area contributed by atoms with E-state index in [4.69, 9.17) is 11.0 Å². The van der Waals surface area contributed by atoms with Crippen LogP contribution in [0.25, 0.3) is 0 Å². The van der Waals surface area contributed by atoms with E-state index in [0.717, 1.165) is 11.4 Å². The molecule has 2 aromatic rings. The maximum atomic E-state index is 8.66. The lowest BCUT2D eigenvalue weighted by Crippen LogP contribution is -1.97. The van der Waals surface area contributed by atoms with Crippen LogP contribution in [0.3, 0.4) is 0 Å². The second kappa shape index (κ2) is 4.32. The zero-order valence-corrected chi connectivity index (χ0v) is 8.51. The van der Waals surface area contributed by atoms with E-state index in [2.05, 4.69) is 16.4 Å². The number of hydrogen-bond acceptors (Lipinski definition) is 4. The molecule has 0 atom stereocenters. The van der Waals surface area contributed by atoms with Crippen LogP contribution in [0.5, 0.6) is 0 Å². The van der Waals surface area contributed by atoms with Crippen LogP contribution < -0.4 is 11.1 Å². The van der Waals surface area contributed by atoms with Crippen molar-refractivity contribution in [3.05, 3.63) is 48.2 Å². The summed E-state index contributed by atoms with van der Waals surface area (Å²) < 4.78 is 0. The van der Waals surface area contributed by atoms with Gasteiger partial charge in [-0.25, -0.2) is 4.98 Å². The molecule has 4 nitrogen and oxygen atoms in total. The standard InChI is InChI=1S/C12H10N4/c13-8-9-3-5-10(6-4-9)16-11-2-1-7-15-12(11)14/h1-7,16H,(H2,14,15). The highest BCUT2D eigenvalue weighted by Crippen LogP contribution is 2.20. The molecule has 1 heterocycles. The van der Waals surface area contributed by atoms with Crippen LogP contribution in [0.15, 0.2) is 42.6 Å². The third kappa shape index (κ3) is 2.10. The van der Waals surface area contributed by atoms with E-state index in [1.54, 1.807) is 18.3 Å². The number of pyridine rings is 1. The smallest absolute Gasteiger partial charge is 0.147 e. The number of nitrogens with zero attached hydrogens (tertiary/aromatic N) is 2. The molecular formula is C12H10N4. The first-order valence-corrected chi connectivity index (χ1v) is 4.77. The van der Waals surface area contributed by atoms with Crippen LogP contribution in [0.4, 0.5) is 17.2 Å². The Morgan fingerprint density at radius 2 is 1.94 bits per heavy atom. The summed E-state index contributed by atoms with van der Waals surface area (Å²) in [6.07, 6.45) is 1.64. The lowest BCUT2D eigenvalue weighted by molar-refractivity contribution is 1.33. The Morgan fingerprint density at radius 1 is 1.19 bits per heavy atom. The lowest BCUT2D eigenvalue weighted by Gasteiger charge is -2.07. The van der Waals surface area contributed by atoms with Crippen LogP contribution in [0.2, 0.25) is 0 Å². The minimum atomic E-state index is 0.451. The van der Waals surface area contributed by atoms with Crippen molar-refractivity contribution in [3.63, 3.8) is 0 Å². The van der Waals surface area contributed by atoms with Gasteiger partial charge in [0.25, 0.3) is 0 Å². The molecule has 0 amide bonds. The number of benzene rings is 1. The highest BCUT2D eigenvalue weighted by atomic mass is 15.0. The van der Waals surface area contributed by atoms with Crippen molar-refractivity contribution in [1.82, 2.24) is 4.98 Å². The van der Waals surface area contributed by atoms with Crippen LogP contribution in [0.1, 0.15) is 5.56 Å². The molecule has 0 spiro atoms. The molecule has 0 aliphatic rings. The molecule has 3 N–H and O–H groups in total. The largest absolute Gasteiger partial charge is 0.382 e. The summed E-state index contributed by atoms with van der Waals surface area (Å²) in [5.41, 5.74) is 7.96. The van der Waals surface area contributed by atoms with E-state index in [1.807, 2.05) is 24.3 Å². The average molecular weight is 210 g/mol. The number of nitrogen functional groups attached to an aromatic ring is 1. The molecule has 0 bridgehead atoms. The van der Waals surface area contributed by atoms with Crippen LogP contribution in [-0.2, 0) is 0 Å². The van der Waals surface area contributed by atoms with Crippen molar-refractivity contribution in [2.45, 2.75) is 0 Å². The van der Waals surface area contributed by atoms with E-state index in [1.165, 1.54) is 0 Å². The first kappa shape index (κ1) is 9.99. The molecule has 1 aromatic heterocycles. The second-order valence-electron chi connectivity index (χ2n) is 3.25. The summed E-state index contributed by atoms with van der Waals surface area (Å²) in [4.78, 5) is 3.97. The Kier molecular flexibility index (Phi) is 2.70. The van der Waals surface area contributed by atoms with Gasteiger partial charge in [0.05, 0.1) is 17.3 Å². The van der Waals surface area contributed by atoms with Gasteiger partial charge in [-0.3, -0.25) is 0 Å². The van der Waals surface area contributed by atoms with Gasteiger partial charge in [0.2, 0.25) is 0 Å². The second-order valence-corrected chi connectivity index (χ2v) is 3.25. The lowest BCUT2D eigenvalue weighted by atomic mass is 10.2. The van der Waals surface area contributed by atoms with Gasteiger partial charge in [0, 0.05) is 11.9 Å². The third-order valence-electron chi connectivity index (χ3n) is 2.13. The summed E-state index contributed by atoms with van der Waals surface area (Å²) in [5, 5.41) is 11.8. The Bertz CT molecular complexity index is 525. The van der Waals surface area contributed by atoms with E-state index in [9.17, 15) is 0 Å². The summed E-state index contributed by atoms with van der Waals surface area (Å²) >= 11 is 0. The number of aromatic nitrogens is 1. The summed E-state index contributed by atoms with van der Waals surface area (Å²) in [6.45, 7) is 0. The van der Waals surface area contributed by atoms with Crippen molar-refractivity contribution in [2.75, 3.05) is 11.1 Å². The molecule has 0 fully saturated rings. The Balaban J connectivity index is 2.22. The Hall–Kier alpha value is -2.54. The van der Waals surface area contributed by atoms with Gasteiger partial charge in [-0.1, -0.05) is 0 Å². The van der Waals surface area contributed by atoms with Crippen molar-refractivity contribution in [1.29, 1.82) is 5.26 Å². The van der Waals surface area contributed by atoms with Gasteiger partial charge in [-0.2, -0.15) is 5.26 Å². The predicted octanol–water partition coefficient (Wildman–Crippen LogP) is 2.28. The molecule has 16 heavy (non-hydrogen) atoms. The molecule has 1 aromatic carbocycles. The molecule has 2 rings (SSSR count). The fraction of sp³-hybridized carbons (Fsp3) is 0. The molecule has 0 radical (unpaired) electrons. The highest BCUT2D eigenvalue weighted by Gasteiger charge is 1.99. The van der Waals surface area contributed by atoms with Crippen molar-refractivity contribution < 1.29 is 0 Å². The number of anilines is 3. The van der Waals surface area contributed by atoms with Gasteiger partial charge >= 0.3 is 0 Å². The molecule has 0 unspecified atom stereocenters. The van der Waals surface area contributed by atoms with Gasteiger partial charge in [0.1, 0.15) is 5.82 Å². The third-order valence-corrected chi connectivity index (χ3v) is 2.13. The average Bonchev–Trinajstić information content (AvgIpc) is 2.33. The van der Waals surface area contributed by atoms with Crippen LogP contribution in [0, 0.1) is 11.3 Å². The van der Waals surface area contributed by atoms with Crippen LogP contribution in [-0.4, -0.2) is 4.98 Å². The van der Waals surface area contributed by atoms with Crippen molar-refractivity contribution >= 4 is 17.2 Å². The molecular weight excluding hydrogens is 200 g/mol. The molecule has 0 saturated heterocycles. The Morgan fingerprint density at radius 3 is 2.56 bits per heavy atom. The number of nitriles is 1. The van der Waals surface area contributed by atoms with E-state index < -0.39 is 0 Å². The normalized spacial score (nSPS) is 9.44. The minimum absolute atomic E-state index is 0.451. The maximum Gasteiger partial charge on any atom is 0.147 e. The minimum Gasteiger partial charge on any atom is -0.382 e. The zero-order chi connectivity index (χ0) is 11.4.